The van der Waals surface area contributed by atoms with E-state index < -0.39 is 27.0 Å². The molecular formula is C26H29F2N7O3S2. The minimum atomic E-state index is -3.82. The number of nitrogens with zero attached hydrogens (tertiary/aromatic N) is 6. The molecule has 3 aromatic heterocycles. The van der Waals surface area contributed by atoms with Gasteiger partial charge >= 0.3 is 6.03 Å². The lowest BCUT2D eigenvalue weighted by Crippen LogP contribution is -2.43. The maximum absolute atomic E-state index is 13.4. The molecule has 4 heterocycles. The van der Waals surface area contributed by atoms with Crippen LogP contribution in [-0.4, -0.2) is 76.7 Å². The van der Waals surface area contributed by atoms with Crippen LogP contribution in [0.1, 0.15) is 55.5 Å². The lowest BCUT2D eigenvalue weighted by molar-refractivity contribution is 0.150. The zero-order valence-electron chi connectivity index (χ0n) is 22.3. The van der Waals surface area contributed by atoms with Crippen molar-refractivity contribution in [2.45, 2.75) is 55.4 Å². The normalized spacial score (nSPS) is 17.7. The van der Waals surface area contributed by atoms with E-state index >= 15 is 0 Å². The molecule has 10 nitrogen and oxygen atoms in total. The number of aromatic nitrogens is 4. The smallest absolute Gasteiger partial charge is 0.319 e. The quantitative estimate of drug-likeness (QED) is 0.350. The Morgan fingerprint density at radius 2 is 1.90 bits per heavy atom. The first-order valence-electron chi connectivity index (χ1n) is 13.0. The van der Waals surface area contributed by atoms with E-state index in [1.165, 1.54) is 0 Å². The van der Waals surface area contributed by atoms with Gasteiger partial charge < -0.3 is 9.80 Å². The second-order valence-electron chi connectivity index (χ2n) is 10.9. The zero-order valence-corrected chi connectivity index (χ0v) is 23.9. The fraction of sp³-hybridized carbons (Fsp3) is 0.462. The van der Waals surface area contributed by atoms with Gasteiger partial charge in [0.15, 0.2) is 5.01 Å². The molecule has 4 aromatic rings. The summed E-state index contributed by atoms with van der Waals surface area (Å²) in [5, 5.41) is 9.01. The van der Waals surface area contributed by atoms with Crippen molar-refractivity contribution in [3.05, 3.63) is 41.0 Å². The Labute approximate surface area is 234 Å². The Morgan fingerprint density at radius 1 is 1.18 bits per heavy atom. The number of pyridine rings is 1. The lowest BCUT2D eigenvalue weighted by atomic mass is 9.87. The van der Waals surface area contributed by atoms with E-state index in [0.717, 1.165) is 53.4 Å². The third kappa shape index (κ3) is 4.71. The summed E-state index contributed by atoms with van der Waals surface area (Å²) in [6.07, 6.45) is 1.91. The SMILES string of the molecule is CN(C)C(=O)N1CCC(c2ccnc3c2c2ccc(S(=O)(=O)NC4(C)CC4)cc2n3-c2nnc(C(F)F)s2)CC1. The van der Waals surface area contributed by atoms with Crippen molar-refractivity contribution in [3.63, 3.8) is 0 Å². The van der Waals surface area contributed by atoms with Crippen LogP contribution in [0.15, 0.2) is 35.4 Å². The molecule has 1 aromatic carbocycles. The summed E-state index contributed by atoms with van der Waals surface area (Å²) in [6, 6.07) is 6.80. The molecule has 212 valence electrons. The van der Waals surface area contributed by atoms with Crippen molar-refractivity contribution < 1.29 is 22.0 Å². The van der Waals surface area contributed by atoms with Gasteiger partial charge in [0.1, 0.15) is 5.65 Å². The van der Waals surface area contributed by atoms with Gasteiger partial charge in [-0.25, -0.2) is 31.7 Å². The third-order valence-electron chi connectivity index (χ3n) is 7.74. The summed E-state index contributed by atoms with van der Waals surface area (Å²) in [4.78, 5) is 20.5. The first-order chi connectivity index (χ1) is 19.0. The second-order valence-corrected chi connectivity index (χ2v) is 13.6. The largest absolute Gasteiger partial charge is 0.331 e. The maximum atomic E-state index is 13.4. The first kappa shape index (κ1) is 27.0. The van der Waals surface area contributed by atoms with E-state index in [9.17, 15) is 22.0 Å². The van der Waals surface area contributed by atoms with Crippen LogP contribution >= 0.6 is 11.3 Å². The van der Waals surface area contributed by atoms with Crippen molar-refractivity contribution in [3.8, 4) is 5.13 Å². The van der Waals surface area contributed by atoms with Crippen molar-refractivity contribution in [2.75, 3.05) is 27.2 Å². The number of likely N-dealkylation sites (tertiary alicyclic amines) is 1. The molecule has 1 saturated heterocycles. The summed E-state index contributed by atoms with van der Waals surface area (Å²) < 4.78 is 57.8. The number of urea groups is 1. The van der Waals surface area contributed by atoms with Gasteiger partial charge in [0, 0.05) is 49.7 Å². The predicted molar refractivity (Wildman–Crippen MR) is 148 cm³/mol. The van der Waals surface area contributed by atoms with E-state index in [1.54, 1.807) is 48.0 Å². The van der Waals surface area contributed by atoms with E-state index in [-0.39, 0.29) is 22.0 Å². The Morgan fingerprint density at radius 3 is 2.52 bits per heavy atom. The highest BCUT2D eigenvalue weighted by atomic mass is 32.2. The maximum Gasteiger partial charge on any atom is 0.319 e. The van der Waals surface area contributed by atoms with Gasteiger partial charge in [-0.1, -0.05) is 17.4 Å². The van der Waals surface area contributed by atoms with E-state index in [2.05, 4.69) is 19.9 Å². The Hall–Kier alpha value is -3.23. The van der Waals surface area contributed by atoms with Gasteiger partial charge in [0.05, 0.1) is 10.4 Å². The van der Waals surface area contributed by atoms with Crippen LogP contribution in [0.5, 0.6) is 0 Å². The van der Waals surface area contributed by atoms with Crippen LogP contribution in [0, 0.1) is 0 Å². The molecule has 0 unspecified atom stereocenters. The van der Waals surface area contributed by atoms with Crippen LogP contribution in [0.2, 0.25) is 0 Å². The van der Waals surface area contributed by atoms with Gasteiger partial charge in [-0.2, -0.15) is 0 Å². The number of carbonyl (C=O) groups excluding carboxylic acids is 1. The molecule has 0 atom stereocenters. The molecule has 0 bridgehead atoms. The average molecular weight is 590 g/mol. The number of benzene rings is 1. The molecule has 40 heavy (non-hydrogen) atoms. The number of hydrogen-bond acceptors (Lipinski definition) is 7. The molecule has 1 saturated carbocycles. The molecule has 14 heteroatoms. The Balaban J connectivity index is 1.50. The molecule has 2 aliphatic rings. The van der Waals surface area contributed by atoms with Crippen molar-refractivity contribution >= 4 is 49.3 Å². The highest BCUT2D eigenvalue weighted by molar-refractivity contribution is 7.89. The fourth-order valence-corrected chi connectivity index (χ4v) is 7.58. The molecule has 2 fully saturated rings. The lowest BCUT2D eigenvalue weighted by Gasteiger charge is -2.34. The Bertz CT molecular complexity index is 1720. The number of nitrogens with one attached hydrogen (secondary N) is 1. The van der Waals surface area contributed by atoms with Crippen LogP contribution in [-0.2, 0) is 10.0 Å². The molecule has 6 rings (SSSR count). The molecule has 0 radical (unpaired) electrons. The highest BCUT2D eigenvalue weighted by Gasteiger charge is 2.41. The number of rotatable bonds is 6. The number of hydrogen-bond donors (Lipinski definition) is 1. The first-order valence-corrected chi connectivity index (χ1v) is 15.3. The number of halogens is 2. The number of sulfonamides is 1. The minimum absolute atomic E-state index is 0.0246. The Kier molecular flexibility index (Phi) is 6.54. The van der Waals surface area contributed by atoms with Crippen molar-refractivity contribution in [1.82, 2.24) is 34.3 Å². The number of amides is 2. The van der Waals surface area contributed by atoms with Crippen LogP contribution in [0.3, 0.4) is 0 Å². The topological polar surface area (TPSA) is 113 Å². The molecule has 1 aliphatic heterocycles. The summed E-state index contributed by atoms with van der Waals surface area (Å²) in [5.74, 6) is 0.127. The van der Waals surface area contributed by atoms with Crippen molar-refractivity contribution in [2.24, 2.45) is 0 Å². The van der Waals surface area contributed by atoms with Gasteiger partial charge in [0.25, 0.3) is 6.43 Å². The monoisotopic (exact) mass is 589 g/mol. The molecule has 1 aliphatic carbocycles. The van der Waals surface area contributed by atoms with Crippen LogP contribution in [0.25, 0.3) is 27.1 Å². The van der Waals surface area contributed by atoms with E-state index in [1.807, 2.05) is 17.9 Å². The van der Waals surface area contributed by atoms with Gasteiger partial charge in [-0.05, 0) is 62.3 Å². The molecular weight excluding hydrogens is 560 g/mol. The number of carbonyl (C=O) groups is 1. The molecule has 1 N–H and O–H groups in total. The fourth-order valence-electron chi connectivity index (χ4n) is 5.38. The van der Waals surface area contributed by atoms with E-state index in [0.29, 0.717) is 24.3 Å². The standard InChI is InChI=1S/C26H29F2N7O3S2/c1-26(9-10-26)32-40(37,38)16-4-5-18-19(14-16)35(24-31-30-23(39-24)21(27)28)22-20(18)17(6-11-29-22)15-7-12-34(13-8-15)25(36)33(2)3/h4-6,11,14-15,21,32H,7-10,12-13H2,1-3H3. The highest BCUT2D eigenvalue weighted by Crippen LogP contribution is 2.41. The molecule has 2 amide bonds. The summed E-state index contributed by atoms with van der Waals surface area (Å²) in [6.45, 7) is 3.07. The summed E-state index contributed by atoms with van der Waals surface area (Å²) in [7, 11) is -0.354. The third-order valence-corrected chi connectivity index (χ3v) is 10.3. The summed E-state index contributed by atoms with van der Waals surface area (Å²) in [5.41, 5.74) is 1.55. The predicted octanol–water partition coefficient (Wildman–Crippen LogP) is 4.66. The van der Waals surface area contributed by atoms with Gasteiger partial charge in [-0.3, -0.25) is 4.57 Å². The molecule has 0 spiro atoms. The van der Waals surface area contributed by atoms with Crippen LogP contribution in [0.4, 0.5) is 13.6 Å². The average Bonchev–Trinajstić information content (AvgIpc) is 3.31. The second kappa shape index (κ2) is 9.70. The number of fused-ring (bicyclic) bond motifs is 3. The number of alkyl halides is 2. The van der Waals surface area contributed by atoms with E-state index in [4.69, 9.17) is 0 Å². The summed E-state index contributed by atoms with van der Waals surface area (Å²) >= 11 is 0.746. The van der Waals surface area contributed by atoms with Crippen LogP contribution < -0.4 is 4.72 Å². The zero-order chi connectivity index (χ0) is 28.4. The number of piperidine rings is 1. The van der Waals surface area contributed by atoms with Gasteiger partial charge in [-0.15, -0.1) is 10.2 Å². The van der Waals surface area contributed by atoms with Gasteiger partial charge in [0.2, 0.25) is 15.2 Å². The minimum Gasteiger partial charge on any atom is -0.331 e. The van der Waals surface area contributed by atoms with Crippen molar-refractivity contribution in [1.29, 1.82) is 0 Å².